The van der Waals surface area contributed by atoms with E-state index in [0.717, 1.165) is 71.6 Å². The number of likely N-dealkylation sites (tertiary alicyclic amines) is 1. The minimum absolute atomic E-state index is 0.101. The van der Waals surface area contributed by atoms with Crippen LogP contribution < -0.4 is 5.32 Å². The fourth-order valence-corrected chi connectivity index (χ4v) is 3.83. The number of fused-ring (bicyclic) bond motifs is 1. The molecule has 0 aromatic rings. The fraction of sp³-hybridized carbons (Fsp3) is 0.833. The van der Waals surface area contributed by atoms with Gasteiger partial charge in [0.2, 0.25) is 0 Å². The van der Waals surface area contributed by atoms with Crippen molar-refractivity contribution in [3.63, 3.8) is 0 Å². The Labute approximate surface area is 139 Å². The van der Waals surface area contributed by atoms with E-state index >= 15 is 0 Å². The molecule has 0 aromatic carbocycles. The van der Waals surface area contributed by atoms with Gasteiger partial charge in [0, 0.05) is 46.1 Å². The van der Waals surface area contributed by atoms with Gasteiger partial charge >= 0.3 is 6.03 Å². The number of hydrogen-bond donors (Lipinski definition) is 1. The van der Waals surface area contributed by atoms with Gasteiger partial charge in [0.1, 0.15) is 0 Å². The monoisotopic (exact) mass is 322 g/mol. The number of allylic oxidation sites excluding steroid dienone is 2. The summed E-state index contributed by atoms with van der Waals surface area (Å²) in [5.74, 6) is 2.00. The highest BCUT2D eigenvalue weighted by Crippen LogP contribution is 2.32. The Bertz CT molecular complexity index is 391. The lowest BCUT2D eigenvalue weighted by Crippen LogP contribution is -2.39. The highest BCUT2D eigenvalue weighted by molar-refractivity contribution is 5.74. The zero-order chi connectivity index (χ0) is 15.9. The number of amides is 2. The smallest absolute Gasteiger partial charge is 0.317 e. The molecule has 23 heavy (non-hydrogen) atoms. The van der Waals surface area contributed by atoms with Crippen molar-refractivity contribution in [2.24, 2.45) is 17.8 Å². The minimum atomic E-state index is 0.101. The van der Waals surface area contributed by atoms with Crippen LogP contribution in [-0.4, -0.2) is 57.0 Å². The van der Waals surface area contributed by atoms with Crippen molar-refractivity contribution in [3.8, 4) is 0 Å². The van der Waals surface area contributed by atoms with E-state index in [9.17, 15) is 4.79 Å². The molecule has 2 saturated heterocycles. The summed E-state index contributed by atoms with van der Waals surface area (Å²) in [5.41, 5.74) is 0. The SMILES string of the molecule is O=C(NCCCOCC1CCOCC1)N1C[C@H]2CC=CC[C@@H]2C1. The molecule has 2 aliphatic heterocycles. The van der Waals surface area contributed by atoms with E-state index < -0.39 is 0 Å². The topological polar surface area (TPSA) is 50.8 Å². The Morgan fingerprint density at radius 1 is 1.17 bits per heavy atom. The predicted molar refractivity (Wildman–Crippen MR) is 89.3 cm³/mol. The fourth-order valence-electron chi connectivity index (χ4n) is 3.83. The van der Waals surface area contributed by atoms with Crippen LogP contribution in [0, 0.1) is 17.8 Å². The molecule has 0 bridgehead atoms. The number of hydrogen-bond acceptors (Lipinski definition) is 3. The first-order valence-electron chi connectivity index (χ1n) is 9.16. The van der Waals surface area contributed by atoms with Gasteiger partial charge in [-0.15, -0.1) is 0 Å². The molecule has 1 aliphatic carbocycles. The van der Waals surface area contributed by atoms with Gasteiger partial charge < -0.3 is 19.7 Å². The number of nitrogens with one attached hydrogen (secondary N) is 1. The van der Waals surface area contributed by atoms with E-state index in [1.165, 1.54) is 0 Å². The minimum Gasteiger partial charge on any atom is -0.381 e. The van der Waals surface area contributed by atoms with Crippen molar-refractivity contribution in [1.82, 2.24) is 10.2 Å². The van der Waals surface area contributed by atoms with Gasteiger partial charge in [0.05, 0.1) is 0 Å². The molecule has 5 heteroatoms. The van der Waals surface area contributed by atoms with E-state index in [4.69, 9.17) is 9.47 Å². The third-order valence-corrected chi connectivity index (χ3v) is 5.34. The highest BCUT2D eigenvalue weighted by atomic mass is 16.5. The average Bonchev–Trinajstić information content (AvgIpc) is 3.03. The van der Waals surface area contributed by atoms with Gasteiger partial charge in [-0.1, -0.05) is 12.2 Å². The van der Waals surface area contributed by atoms with Crippen LogP contribution in [0.3, 0.4) is 0 Å². The quantitative estimate of drug-likeness (QED) is 0.603. The second kappa shape index (κ2) is 8.69. The Balaban J connectivity index is 1.22. The van der Waals surface area contributed by atoms with Gasteiger partial charge in [-0.25, -0.2) is 4.79 Å². The van der Waals surface area contributed by atoms with Crippen molar-refractivity contribution in [2.45, 2.75) is 32.1 Å². The van der Waals surface area contributed by atoms with E-state index in [0.29, 0.717) is 24.3 Å². The zero-order valence-corrected chi connectivity index (χ0v) is 14.0. The van der Waals surface area contributed by atoms with Crippen LogP contribution in [0.25, 0.3) is 0 Å². The average molecular weight is 322 g/mol. The molecule has 0 saturated carbocycles. The van der Waals surface area contributed by atoms with Crippen molar-refractivity contribution >= 4 is 6.03 Å². The molecule has 0 radical (unpaired) electrons. The van der Waals surface area contributed by atoms with Gasteiger partial charge in [0.25, 0.3) is 0 Å². The predicted octanol–water partition coefficient (Wildman–Crippen LogP) is 2.43. The lowest BCUT2D eigenvalue weighted by atomic mass is 9.86. The summed E-state index contributed by atoms with van der Waals surface area (Å²) in [6.07, 6.45) is 9.91. The van der Waals surface area contributed by atoms with Gasteiger partial charge in [-0.3, -0.25) is 0 Å². The molecular formula is C18H30N2O3. The molecule has 2 amide bonds. The molecule has 1 N–H and O–H groups in total. The van der Waals surface area contributed by atoms with Crippen molar-refractivity contribution < 1.29 is 14.3 Å². The van der Waals surface area contributed by atoms with Crippen LogP contribution in [0.5, 0.6) is 0 Å². The van der Waals surface area contributed by atoms with Gasteiger partial charge in [-0.05, 0) is 49.9 Å². The van der Waals surface area contributed by atoms with Gasteiger partial charge in [0.15, 0.2) is 0 Å². The van der Waals surface area contributed by atoms with E-state index in [1.807, 2.05) is 4.90 Å². The Morgan fingerprint density at radius 3 is 2.57 bits per heavy atom. The molecule has 5 nitrogen and oxygen atoms in total. The molecule has 3 rings (SSSR count). The summed E-state index contributed by atoms with van der Waals surface area (Å²) >= 11 is 0. The second-order valence-electron chi connectivity index (χ2n) is 7.08. The Kier molecular flexibility index (Phi) is 6.34. The number of rotatable bonds is 6. The summed E-state index contributed by atoms with van der Waals surface area (Å²) in [7, 11) is 0. The number of carbonyl (C=O) groups is 1. The number of urea groups is 1. The maximum atomic E-state index is 12.2. The molecule has 0 unspecified atom stereocenters. The van der Waals surface area contributed by atoms with Crippen LogP contribution in [0.4, 0.5) is 4.79 Å². The highest BCUT2D eigenvalue weighted by Gasteiger charge is 2.34. The number of nitrogens with zero attached hydrogens (tertiary/aromatic N) is 1. The summed E-state index contributed by atoms with van der Waals surface area (Å²) in [6, 6.07) is 0.101. The molecule has 3 aliphatic rings. The zero-order valence-electron chi connectivity index (χ0n) is 14.0. The molecule has 0 spiro atoms. The van der Waals surface area contributed by atoms with E-state index in [-0.39, 0.29) is 6.03 Å². The van der Waals surface area contributed by atoms with Crippen molar-refractivity contribution in [2.75, 3.05) is 46.1 Å². The number of carbonyl (C=O) groups excluding carboxylic acids is 1. The number of ether oxygens (including phenoxy) is 2. The lowest BCUT2D eigenvalue weighted by molar-refractivity contribution is 0.0202. The normalized spacial score (nSPS) is 27.9. The summed E-state index contributed by atoms with van der Waals surface area (Å²) in [4.78, 5) is 14.2. The first-order chi connectivity index (χ1) is 11.3. The molecule has 2 heterocycles. The van der Waals surface area contributed by atoms with Crippen molar-refractivity contribution in [1.29, 1.82) is 0 Å². The Hall–Kier alpha value is -1.07. The molecule has 2 fully saturated rings. The maximum absolute atomic E-state index is 12.2. The van der Waals surface area contributed by atoms with E-state index in [2.05, 4.69) is 17.5 Å². The van der Waals surface area contributed by atoms with Crippen LogP contribution >= 0.6 is 0 Å². The first-order valence-corrected chi connectivity index (χ1v) is 9.16. The maximum Gasteiger partial charge on any atom is 0.317 e. The third kappa shape index (κ3) is 4.95. The van der Waals surface area contributed by atoms with Crippen LogP contribution in [0.1, 0.15) is 32.1 Å². The molecule has 2 atom stereocenters. The third-order valence-electron chi connectivity index (χ3n) is 5.34. The lowest BCUT2D eigenvalue weighted by Gasteiger charge is -2.21. The van der Waals surface area contributed by atoms with E-state index in [1.54, 1.807) is 0 Å². The van der Waals surface area contributed by atoms with Crippen LogP contribution in [0.2, 0.25) is 0 Å². The summed E-state index contributed by atoms with van der Waals surface area (Å²) < 4.78 is 11.1. The summed E-state index contributed by atoms with van der Waals surface area (Å²) in [5, 5.41) is 3.04. The molecule has 0 aromatic heterocycles. The summed E-state index contributed by atoms with van der Waals surface area (Å²) in [6.45, 7) is 5.85. The largest absolute Gasteiger partial charge is 0.381 e. The van der Waals surface area contributed by atoms with Crippen LogP contribution in [-0.2, 0) is 9.47 Å². The first kappa shape index (κ1) is 16.8. The Morgan fingerprint density at radius 2 is 1.87 bits per heavy atom. The molecule has 130 valence electrons. The van der Waals surface area contributed by atoms with Crippen molar-refractivity contribution in [3.05, 3.63) is 12.2 Å². The van der Waals surface area contributed by atoms with Crippen LogP contribution in [0.15, 0.2) is 12.2 Å². The molecular weight excluding hydrogens is 292 g/mol. The standard InChI is InChI=1S/C18H30N2O3/c21-18(20-12-16-4-1-2-5-17(16)13-20)19-8-3-9-23-14-15-6-10-22-11-7-15/h1-2,15-17H,3-14H2,(H,19,21)/t16-,17-/m1/s1. The second-order valence-corrected chi connectivity index (χ2v) is 7.08. The van der Waals surface area contributed by atoms with Gasteiger partial charge in [-0.2, -0.15) is 0 Å².